The van der Waals surface area contributed by atoms with Crippen molar-refractivity contribution in [2.75, 3.05) is 9.80 Å². The summed E-state index contributed by atoms with van der Waals surface area (Å²) in [5.41, 5.74) is 11.8. The van der Waals surface area contributed by atoms with Crippen LogP contribution in [0.25, 0.3) is 11.1 Å². The summed E-state index contributed by atoms with van der Waals surface area (Å²) in [6.45, 7) is 9.23. The molecule has 0 radical (unpaired) electrons. The maximum absolute atomic E-state index is 4.92. The van der Waals surface area contributed by atoms with Crippen LogP contribution < -0.4 is 9.80 Å². The highest BCUT2D eigenvalue weighted by Crippen LogP contribution is 2.53. The topological polar surface area (TPSA) is 32.3 Å². The SMILES string of the molecule is CC1(C)c2ccccc2N(c2cc(-c3ccnc(N4c5ccccc5C(C)(C)c5ccccc54)c3)ccn2)c2ccccc21. The molecule has 0 saturated carbocycles. The zero-order valence-corrected chi connectivity index (χ0v) is 25.5. The summed E-state index contributed by atoms with van der Waals surface area (Å²) < 4.78 is 0. The molecule has 0 aliphatic carbocycles. The van der Waals surface area contributed by atoms with Crippen LogP contribution >= 0.6 is 0 Å². The second kappa shape index (κ2) is 9.65. The van der Waals surface area contributed by atoms with Crippen LogP contribution in [0.2, 0.25) is 0 Å². The molecule has 0 N–H and O–H groups in total. The summed E-state index contributed by atoms with van der Waals surface area (Å²) in [7, 11) is 0. The number of benzene rings is 4. The Balaban J connectivity index is 1.26. The maximum atomic E-state index is 4.92. The maximum Gasteiger partial charge on any atom is 0.138 e. The van der Waals surface area contributed by atoms with E-state index in [-0.39, 0.29) is 10.8 Å². The molecule has 0 atom stereocenters. The monoisotopic (exact) mass is 570 g/mol. The largest absolute Gasteiger partial charge is 0.294 e. The number of pyridine rings is 2. The molecule has 4 aromatic carbocycles. The number of aromatic nitrogens is 2. The van der Waals surface area contributed by atoms with Gasteiger partial charge >= 0.3 is 0 Å². The van der Waals surface area contributed by atoms with Crippen molar-refractivity contribution in [2.24, 2.45) is 0 Å². The van der Waals surface area contributed by atoms with Crippen LogP contribution in [-0.2, 0) is 10.8 Å². The number of fused-ring (bicyclic) bond motifs is 4. The van der Waals surface area contributed by atoms with Crippen molar-refractivity contribution in [1.82, 2.24) is 9.97 Å². The Bertz CT molecular complexity index is 1810. The molecule has 4 heterocycles. The van der Waals surface area contributed by atoms with Gasteiger partial charge in [-0.2, -0.15) is 0 Å². The third kappa shape index (κ3) is 3.84. The molecular weight excluding hydrogens is 536 g/mol. The number of rotatable bonds is 3. The van der Waals surface area contributed by atoms with Crippen molar-refractivity contribution < 1.29 is 0 Å². The van der Waals surface area contributed by atoms with Gasteiger partial charge in [0.2, 0.25) is 0 Å². The summed E-state index contributed by atoms with van der Waals surface area (Å²) in [4.78, 5) is 14.5. The van der Waals surface area contributed by atoms with E-state index < -0.39 is 0 Å². The van der Waals surface area contributed by atoms with Crippen molar-refractivity contribution >= 4 is 34.4 Å². The first-order valence-electron chi connectivity index (χ1n) is 15.3. The van der Waals surface area contributed by atoms with Gasteiger partial charge in [0.15, 0.2) is 0 Å². The smallest absolute Gasteiger partial charge is 0.138 e. The van der Waals surface area contributed by atoms with Gasteiger partial charge in [-0.25, -0.2) is 9.97 Å². The minimum absolute atomic E-state index is 0.114. The average molecular weight is 571 g/mol. The lowest BCUT2D eigenvalue weighted by atomic mass is 9.73. The van der Waals surface area contributed by atoms with E-state index in [9.17, 15) is 0 Å². The predicted octanol–water partition coefficient (Wildman–Crippen LogP) is 10.4. The van der Waals surface area contributed by atoms with Crippen molar-refractivity contribution in [3.63, 3.8) is 0 Å². The molecule has 0 amide bonds. The minimum atomic E-state index is -0.114. The fourth-order valence-electron chi connectivity index (χ4n) is 7.27. The van der Waals surface area contributed by atoms with Gasteiger partial charge in [0.25, 0.3) is 0 Å². The first-order valence-corrected chi connectivity index (χ1v) is 15.3. The van der Waals surface area contributed by atoms with Gasteiger partial charge in [-0.05, 0) is 81.9 Å². The summed E-state index contributed by atoms with van der Waals surface area (Å²) in [6, 6.07) is 43.4. The third-order valence-electron chi connectivity index (χ3n) is 9.56. The van der Waals surface area contributed by atoms with E-state index in [0.717, 1.165) is 22.8 Å². The number of anilines is 6. The molecule has 0 fully saturated rings. The van der Waals surface area contributed by atoms with E-state index in [0.29, 0.717) is 0 Å². The Morgan fingerprint density at radius 1 is 0.409 bits per heavy atom. The Labute approximate surface area is 259 Å². The van der Waals surface area contributed by atoms with Crippen LogP contribution in [0.3, 0.4) is 0 Å². The molecule has 0 spiro atoms. The standard InChI is InChI=1S/C40H34N4/c1-39(2)29-13-5-9-17-33(29)43(34-18-10-6-14-30(34)39)37-25-27(21-23-41-37)28-22-24-42-38(26-28)44-35-19-11-7-15-31(35)40(3,4)32-16-8-12-20-36(32)44/h5-26H,1-4H3. The second-order valence-corrected chi connectivity index (χ2v) is 12.8. The van der Waals surface area contributed by atoms with Crippen molar-refractivity contribution in [2.45, 2.75) is 38.5 Å². The van der Waals surface area contributed by atoms with Gasteiger partial charge in [0.1, 0.15) is 11.6 Å². The zero-order chi connectivity index (χ0) is 30.1. The van der Waals surface area contributed by atoms with E-state index >= 15 is 0 Å². The normalized spacial score (nSPS) is 15.5. The van der Waals surface area contributed by atoms with Crippen LogP contribution in [-0.4, -0.2) is 9.97 Å². The van der Waals surface area contributed by atoms with Crippen LogP contribution in [0.15, 0.2) is 134 Å². The van der Waals surface area contributed by atoms with Crippen LogP contribution in [0.1, 0.15) is 49.9 Å². The number of hydrogen-bond donors (Lipinski definition) is 0. The Hall–Kier alpha value is -5.22. The Morgan fingerprint density at radius 2 is 0.705 bits per heavy atom. The lowest BCUT2D eigenvalue weighted by Gasteiger charge is -2.41. The van der Waals surface area contributed by atoms with Crippen LogP contribution in [0, 0.1) is 0 Å². The summed E-state index contributed by atoms with van der Waals surface area (Å²) in [5, 5.41) is 0. The molecule has 4 heteroatoms. The molecule has 0 unspecified atom stereocenters. The lowest BCUT2D eigenvalue weighted by molar-refractivity contribution is 0.631. The first kappa shape index (κ1) is 26.4. The molecule has 214 valence electrons. The van der Waals surface area contributed by atoms with Gasteiger partial charge in [0.05, 0.1) is 22.7 Å². The molecule has 4 nitrogen and oxygen atoms in total. The van der Waals surface area contributed by atoms with E-state index in [2.05, 4.69) is 159 Å². The van der Waals surface area contributed by atoms with Crippen LogP contribution in [0.5, 0.6) is 0 Å². The highest BCUT2D eigenvalue weighted by atomic mass is 15.2. The highest BCUT2D eigenvalue weighted by molar-refractivity contribution is 5.88. The predicted molar refractivity (Wildman–Crippen MR) is 181 cm³/mol. The number of hydrogen-bond acceptors (Lipinski definition) is 4. The number of nitrogens with zero attached hydrogens (tertiary/aromatic N) is 4. The Kier molecular flexibility index (Phi) is 5.79. The van der Waals surface area contributed by atoms with Crippen molar-refractivity contribution in [3.05, 3.63) is 156 Å². The molecule has 0 bridgehead atoms. The van der Waals surface area contributed by atoms with Crippen LogP contribution in [0.4, 0.5) is 34.4 Å². The molecule has 2 aliphatic heterocycles. The van der Waals surface area contributed by atoms with Gasteiger partial charge in [0, 0.05) is 23.2 Å². The van der Waals surface area contributed by atoms with Crippen molar-refractivity contribution in [1.29, 1.82) is 0 Å². The zero-order valence-electron chi connectivity index (χ0n) is 25.5. The number of para-hydroxylation sites is 4. The molecule has 44 heavy (non-hydrogen) atoms. The van der Waals surface area contributed by atoms with Crippen molar-refractivity contribution in [3.8, 4) is 11.1 Å². The fraction of sp³-hybridized carbons (Fsp3) is 0.150. The Morgan fingerprint density at radius 3 is 1.02 bits per heavy atom. The van der Waals surface area contributed by atoms with E-state index in [1.165, 1.54) is 45.0 Å². The molecular formula is C40H34N4. The lowest BCUT2D eigenvalue weighted by Crippen LogP contribution is -2.30. The minimum Gasteiger partial charge on any atom is -0.294 e. The van der Waals surface area contributed by atoms with Gasteiger partial charge in [-0.1, -0.05) is 100 Å². The first-order chi connectivity index (χ1) is 21.4. The summed E-state index contributed by atoms with van der Waals surface area (Å²) >= 11 is 0. The molecule has 0 saturated heterocycles. The quantitative estimate of drug-likeness (QED) is 0.212. The van der Waals surface area contributed by atoms with E-state index in [1.54, 1.807) is 0 Å². The van der Waals surface area contributed by atoms with E-state index in [4.69, 9.17) is 9.97 Å². The van der Waals surface area contributed by atoms with E-state index in [1.807, 2.05) is 12.4 Å². The molecule has 8 rings (SSSR count). The van der Waals surface area contributed by atoms with Gasteiger partial charge in [-0.3, -0.25) is 9.80 Å². The van der Waals surface area contributed by atoms with Gasteiger partial charge in [-0.15, -0.1) is 0 Å². The summed E-state index contributed by atoms with van der Waals surface area (Å²) in [5.74, 6) is 1.79. The second-order valence-electron chi connectivity index (χ2n) is 12.8. The fourth-order valence-corrected chi connectivity index (χ4v) is 7.27. The molecule has 6 aromatic rings. The molecule has 2 aromatic heterocycles. The average Bonchev–Trinajstić information content (AvgIpc) is 3.06. The summed E-state index contributed by atoms with van der Waals surface area (Å²) in [6.07, 6.45) is 3.84. The third-order valence-corrected chi connectivity index (χ3v) is 9.56. The molecule has 2 aliphatic rings. The van der Waals surface area contributed by atoms with Gasteiger partial charge < -0.3 is 0 Å². The highest BCUT2D eigenvalue weighted by Gasteiger charge is 2.38.